The normalized spacial score (nSPS) is 12.3. The summed E-state index contributed by atoms with van der Waals surface area (Å²) in [5.74, 6) is 0.844. The minimum absolute atomic E-state index is 0.00645. The molecule has 0 radical (unpaired) electrons. The number of benzene rings is 1. The Morgan fingerprint density at radius 3 is 2.64 bits per heavy atom. The fourth-order valence-electron chi connectivity index (χ4n) is 2.71. The Bertz CT molecular complexity index is 780. The van der Waals surface area contributed by atoms with Crippen molar-refractivity contribution in [2.75, 3.05) is 13.6 Å². The van der Waals surface area contributed by atoms with Crippen molar-refractivity contribution in [3.05, 3.63) is 81.9 Å². The lowest BCUT2D eigenvalue weighted by Gasteiger charge is -2.21. The van der Waals surface area contributed by atoms with Crippen molar-refractivity contribution in [2.24, 2.45) is 0 Å². The second-order valence-electron chi connectivity index (χ2n) is 6.18. The Hall–Kier alpha value is -2.37. The van der Waals surface area contributed by atoms with Crippen LogP contribution in [0.2, 0.25) is 0 Å². The van der Waals surface area contributed by atoms with Crippen molar-refractivity contribution in [2.45, 2.75) is 19.5 Å². The van der Waals surface area contributed by atoms with Gasteiger partial charge in [0, 0.05) is 4.88 Å². The summed E-state index contributed by atoms with van der Waals surface area (Å²) in [7, 11) is 1.91. The van der Waals surface area contributed by atoms with Gasteiger partial charge in [0.05, 0.1) is 25.4 Å². The maximum atomic E-state index is 12.5. The lowest BCUT2D eigenvalue weighted by atomic mass is 10.0. The third-order valence-electron chi connectivity index (χ3n) is 3.96. The van der Waals surface area contributed by atoms with Gasteiger partial charge in [-0.25, -0.2) is 0 Å². The van der Waals surface area contributed by atoms with Gasteiger partial charge < -0.3 is 9.73 Å². The van der Waals surface area contributed by atoms with Crippen molar-refractivity contribution in [3.63, 3.8) is 0 Å². The molecule has 0 aliphatic heterocycles. The molecule has 0 aliphatic carbocycles. The van der Waals surface area contributed by atoms with E-state index in [-0.39, 0.29) is 11.9 Å². The molecular formula is C20H22N2O2S. The van der Waals surface area contributed by atoms with E-state index in [1.165, 1.54) is 5.56 Å². The van der Waals surface area contributed by atoms with Crippen molar-refractivity contribution >= 4 is 17.2 Å². The third kappa shape index (κ3) is 4.81. The van der Waals surface area contributed by atoms with E-state index in [0.717, 1.165) is 16.2 Å². The Kier molecular flexibility index (Phi) is 5.68. The van der Waals surface area contributed by atoms with Gasteiger partial charge in [-0.3, -0.25) is 9.69 Å². The Balaban J connectivity index is 1.67. The van der Waals surface area contributed by atoms with Gasteiger partial charge in [-0.2, -0.15) is 0 Å². The van der Waals surface area contributed by atoms with E-state index < -0.39 is 0 Å². The highest BCUT2D eigenvalue weighted by Gasteiger charge is 2.19. The molecule has 1 amide bonds. The van der Waals surface area contributed by atoms with E-state index >= 15 is 0 Å². The predicted octanol–water partition coefficient (Wildman–Crippen LogP) is 3.99. The summed E-state index contributed by atoms with van der Waals surface area (Å²) in [6, 6.07) is 16.0. The first-order chi connectivity index (χ1) is 12.1. The number of hydrogen-bond donors (Lipinski definition) is 1. The molecule has 1 N–H and O–H groups in total. The molecule has 0 unspecified atom stereocenters. The smallest absolute Gasteiger partial charge is 0.234 e. The van der Waals surface area contributed by atoms with Gasteiger partial charge in [0.2, 0.25) is 5.91 Å². The first kappa shape index (κ1) is 17.5. The molecule has 2 heterocycles. The summed E-state index contributed by atoms with van der Waals surface area (Å²) in [5, 5.41) is 5.20. The standard InChI is InChI=1S/C20H22N2O2S/c1-15-7-9-16(10-8-15)20(18-6-4-12-25-18)21-19(23)14-22(2)13-17-5-3-11-24-17/h3-12,20H,13-14H2,1-2H3,(H,21,23)/t20-/m0/s1. The zero-order chi connectivity index (χ0) is 17.6. The van der Waals surface area contributed by atoms with Crippen molar-refractivity contribution in [3.8, 4) is 0 Å². The number of likely N-dealkylation sites (N-methyl/N-ethyl adjacent to an activating group) is 1. The molecule has 0 fully saturated rings. The largest absolute Gasteiger partial charge is 0.468 e. The lowest BCUT2D eigenvalue weighted by molar-refractivity contribution is -0.122. The molecule has 0 aliphatic rings. The van der Waals surface area contributed by atoms with E-state index in [9.17, 15) is 4.79 Å². The van der Waals surface area contributed by atoms with Crippen molar-refractivity contribution in [1.82, 2.24) is 10.2 Å². The highest BCUT2D eigenvalue weighted by molar-refractivity contribution is 7.10. The summed E-state index contributed by atoms with van der Waals surface area (Å²) >= 11 is 1.65. The molecular weight excluding hydrogens is 332 g/mol. The molecule has 25 heavy (non-hydrogen) atoms. The summed E-state index contributed by atoms with van der Waals surface area (Å²) in [6.07, 6.45) is 1.65. The van der Waals surface area contributed by atoms with Crippen LogP contribution in [0.25, 0.3) is 0 Å². The molecule has 2 aromatic heterocycles. The number of nitrogens with one attached hydrogen (secondary N) is 1. The third-order valence-corrected chi connectivity index (χ3v) is 4.90. The van der Waals surface area contributed by atoms with Crippen LogP contribution >= 0.6 is 11.3 Å². The van der Waals surface area contributed by atoms with Gasteiger partial charge in [0.15, 0.2) is 0 Å². The molecule has 0 bridgehead atoms. The molecule has 1 aromatic carbocycles. The van der Waals surface area contributed by atoms with Crippen molar-refractivity contribution in [1.29, 1.82) is 0 Å². The summed E-state index contributed by atoms with van der Waals surface area (Å²) in [6.45, 7) is 2.98. The van der Waals surface area contributed by atoms with Gasteiger partial charge >= 0.3 is 0 Å². The fourth-order valence-corrected chi connectivity index (χ4v) is 3.51. The van der Waals surface area contributed by atoms with Crippen LogP contribution in [0.4, 0.5) is 0 Å². The zero-order valence-corrected chi connectivity index (χ0v) is 15.3. The molecule has 0 spiro atoms. The molecule has 130 valence electrons. The van der Waals surface area contributed by atoms with Crippen LogP contribution in [-0.4, -0.2) is 24.4 Å². The highest BCUT2D eigenvalue weighted by Crippen LogP contribution is 2.26. The molecule has 4 nitrogen and oxygen atoms in total. The summed E-state index contributed by atoms with van der Waals surface area (Å²) in [4.78, 5) is 15.6. The molecule has 3 aromatic rings. The number of furan rings is 1. The summed E-state index contributed by atoms with van der Waals surface area (Å²) in [5.41, 5.74) is 2.30. The Morgan fingerprint density at radius 1 is 1.20 bits per heavy atom. The van der Waals surface area contributed by atoms with Crippen LogP contribution in [-0.2, 0) is 11.3 Å². The van der Waals surface area contributed by atoms with Gasteiger partial charge in [-0.05, 0) is 43.1 Å². The number of aryl methyl sites for hydroxylation is 1. The topological polar surface area (TPSA) is 45.5 Å². The summed E-state index contributed by atoms with van der Waals surface area (Å²) < 4.78 is 5.33. The number of rotatable bonds is 7. The number of nitrogens with zero attached hydrogens (tertiary/aromatic N) is 1. The number of carbonyl (C=O) groups is 1. The minimum atomic E-state index is -0.120. The number of thiophene rings is 1. The first-order valence-corrected chi connectivity index (χ1v) is 9.10. The van der Waals surface area contributed by atoms with Gasteiger partial charge in [0.25, 0.3) is 0 Å². The number of carbonyl (C=O) groups excluding carboxylic acids is 1. The van der Waals surface area contributed by atoms with E-state index in [1.54, 1.807) is 17.6 Å². The van der Waals surface area contributed by atoms with Crippen LogP contribution in [0.15, 0.2) is 64.6 Å². The van der Waals surface area contributed by atoms with E-state index in [2.05, 4.69) is 42.6 Å². The van der Waals surface area contributed by atoms with Crippen LogP contribution < -0.4 is 5.32 Å². The lowest BCUT2D eigenvalue weighted by Crippen LogP contribution is -2.37. The molecule has 5 heteroatoms. The fraction of sp³-hybridized carbons (Fsp3) is 0.250. The second-order valence-corrected chi connectivity index (χ2v) is 7.16. The Labute approximate surface area is 152 Å². The highest BCUT2D eigenvalue weighted by atomic mass is 32.1. The molecule has 0 saturated carbocycles. The van der Waals surface area contributed by atoms with Crippen LogP contribution in [0.3, 0.4) is 0 Å². The van der Waals surface area contributed by atoms with Gasteiger partial charge in [-0.15, -0.1) is 11.3 Å². The predicted molar refractivity (Wildman–Crippen MR) is 101 cm³/mol. The number of amides is 1. The van der Waals surface area contributed by atoms with Crippen LogP contribution in [0.1, 0.15) is 27.8 Å². The maximum absolute atomic E-state index is 12.5. The molecule has 3 rings (SSSR count). The number of hydrogen-bond acceptors (Lipinski definition) is 4. The minimum Gasteiger partial charge on any atom is -0.468 e. The van der Waals surface area contributed by atoms with Crippen LogP contribution in [0.5, 0.6) is 0 Å². The SMILES string of the molecule is Cc1ccc([C@H](NC(=O)CN(C)Cc2ccco2)c2cccs2)cc1. The first-order valence-electron chi connectivity index (χ1n) is 8.22. The molecule has 0 saturated heterocycles. The average Bonchev–Trinajstić information content (AvgIpc) is 3.27. The van der Waals surface area contributed by atoms with Crippen LogP contribution in [0, 0.1) is 6.92 Å². The quantitative estimate of drug-likeness (QED) is 0.698. The van der Waals surface area contributed by atoms with E-state index in [4.69, 9.17) is 4.42 Å². The van der Waals surface area contributed by atoms with E-state index in [0.29, 0.717) is 13.1 Å². The zero-order valence-electron chi connectivity index (χ0n) is 14.4. The monoisotopic (exact) mass is 354 g/mol. The Morgan fingerprint density at radius 2 is 2.00 bits per heavy atom. The average molecular weight is 354 g/mol. The second kappa shape index (κ2) is 8.14. The van der Waals surface area contributed by atoms with Crippen molar-refractivity contribution < 1.29 is 9.21 Å². The van der Waals surface area contributed by atoms with Gasteiger partial charge in [-0.1, -0.05) is 35.9 Å². The maximum Gasteiger partial charge on any atom is 0.234 e. The van der Waals surface area contributed by atoms with E-state index in [1.807, 2.05) is 35.5 Å². The van der Waals surface area contributed by atoms with Gasteiger partial charge in [0.1, 0.15) is 5.76 Å². The molecule has 1 atom stereocenters.